The topological polar surface area (TPSA) is 78.9 Å². The number of fused-ring (bicyclic) bond motifs is 1. The Morgan fingerprint density at radius 1 is 1.19 bits per heavy atom. The molecule has 1 amide bonds. The fraction of sp³-hybridized carbons (Fsp3) is 0.556. The van der Waals surface area contributed by atoms with Crippen LogP contribution in [0.2, 0.25) is 0 Å². The summed E-state index contributed by atoms with van der Waals surface area (Å²) in [6, 6.07) is 4.24. The molecule has 6 nitrogen and oxygen atoms in total. The van der Waals surface area contributed by atoms with E-state index in [1.807, 2.05) is 0 Å². The van der Waals surface area contributed by atoms with E-state index in [9.17, 15) is 27.9 Å². The van der Waals surface area contributed by atoms with E-state index in [-0.39, 0.29) is 18.3 Å². The molecule has 1 saturated carbocycles. The van der Waals surface area contributed by atoms with Crippen LogP contribution in [0, 0.1) is 5.92 Å². The van der Waals surface area contributed by atoms with Gasteiger partial charge in [0.15, 0.2) is 0 Å². The number of anilines is 1. The molecular formula is C18H21F3N2O4. The predicted molar refractivity (Wildman–Crippen MR) is 90.2 cm³/mol. The lowest BCUT2D eigenvalue weighted by atomic mass is 9.85. The molecule has 148 valence electrons. The highest BCUT2D eigenvalue weighted by Crippen LogP contribution is 2.39. The molecule has 1 aliphatic heterocycles. The smallest absolute Gasteiger partial charge is 0.480 e. The lowest BCUT2D eigenvalue weighted by Gasteiger charge is -2.32. The summed E-state index contributed by atoms with van der Waals surface area (Å²) in [5, 5.41) is 12.1. The Bertz CT molecular complexity index is 693. The minimum absolute atomic E-state index is 0.0566. The number of aliphatic carboxylic acids is 1. The summed E-state index contributed by atoms with van der Waals surface area (Å²) < 4.78 is 40.3. The third-order valence-electron chi connectivity index (χ3n) is 5.20. The van der Waals surface area contributed by atoms with Crippen molar-refractivity contribution >= 4 is 17.6 Å². The molecule has 0 spiro atoms. The van der Waals surface area contributed by atoms with Gasteiger partial charge in [0.25, 0.3) is 0 Å². The number of carboxylic acid groups (broad SMARTS) is 1. The number of carboxylic acids is 1. The van der Waals surface area contributed by atoms with Crippen LogP contribution in [0.15, 0.2) is 24.3 Å². The first kappa shape index (κ1) is 19.5. The number of benzene rings is 1. The highest BCUT2D eigenvalue weighted by molar-refractivity contribution is 5.92. The molecule has 27 heavy (non-hydrogen) atoms. The lowest BCUT2D eigenvalue weighted by Crippen LogP contribution is -2.46. The molecule has 1 aromatic rings. The SMILES string of the molecule is O=C(CN1C(C(=O)O)CC2CCCCC21)Nc1ccc(OC(F)(F)F)cc1. The molecule has 2 N–H and O–H groups in total. The van der Waals surface area contributed by atoms with Gasteiger partial charge in [0.05, 0.1) is 6.54 Å². The summed E-state index contributed by atoms with van der Waals surface area (Å²) in [7, 11) is 0. The predicted octanol–water partition coefficient (Wildman–Crippen LogP) is 3.24. The summed E-state index contributed by atoms with van der Waals surface area (Å²) in [4.78, 5) is 25.7. The Balaban J connectivity index is 1.61. The van der Waals surface area contributed by atoms with Gasteiger partial charge in [-0.1, -0.05) is 12.8 Å². The highest BCUT2D eigenvalue weighted by atomic mass is 19.4. The third-order valence-corrected chi connectivity index (χ3v) is 5.20. The molecule has 0 bridgehead atoms. The van der Waals surface area contributed by atoms with Crippen molar-refractivity contribution in [2.75, 3.05) is 11.9 Å². The highest BCUT2D eigenvalue weighted by Gasteiger charge is 2.45. The van der Waals surface area contributed by atoms with Crippen LogP contribution in [0.4, 0.5) is 18.9 Å². The number of carbonyl (C=O) groups is 2. The summed E-state index contributed by atoms with van der Waals surface area (Å²) >= 11 is 0. The van der Waals surface area contributed by atoms with Crippen molar-refractivity contribution in [2.24, 2.45) is 5.92 Å². The van der Waals surface area contributed by atoms with Crippen LogP contribution in [0.5, 0.6) is 5.75 Å². The van der Waals surface area contributed by atoms with Crippen LogP contribution < -0.4 is 10.1 Å². The minimum atomic E-state index is -4.77. The number of ether oxygens (including phenoxy) is 1. The number of halogens is 3. The molecule has 1 saturated heterocycles. The van der Waals surface area contributed by atoms with Gasteiger partial charge in [-0.15, -0.1) is 13.2 Å². The number of rotatable bonds is 5. The molecular weight excluding hydrogens is 365 g/mol. The van der Waals surface area contributed by atoms with Gasteiger partial charge in [-0.2, -0.15) is 0 Å². The van der Waals surface area contributed by atoms with Crippen molar-refractivity contribution in [2.45, 2.75) is 50.6 Å². The Morgan fingerprint density at radius 3 is 2.48 bits per heavy atom. The first-order valence-corrected chi connectivity index (χ1v) is 8.87. The van der Waals surface area contributed by atoms with Crippen molar-refractivity contribution in [3.63, 3.8) is 0 Å². The van der Waals surface area contributed by atoms with E-state index >= 15 is 0 Å². The van der Waals surface area contributed by atoms with E-state index in [2.05, 4.69) is 10.1 Å². The van der Waals surface area contributed by atoms with E-state index in [1.165, 1.54) is 12.1 Å². The van der Waals surface area contributed by atoms with Crippen LogP contribution >= 0.6 is 0 Å². The molecule has 3 unspecified atom stereocenters. The average molecular weight is 386 g/mol. The number of amides is 1. The Morgan fingerprint density at radius 2 is 1.85 bits per heavy atom. The van der Waals surface area contributed by atoms with E-state index in [1.54, 1.807) is 4.90 Å². The number of nitrogens with zero attached hydrogens (tertiary/aromatic N) is 1. The Labute approximate surface area is 154 Å². The lowest BCUT2D eigenvalue weighted by molar-refractivity contribution is -0.274. The van der Waals surface area contributed by atoms with Gasteiger partial charge >= 0.3 is 12.3 Å². The number of hydrogen-bond acceptors (Lipinski definition) is 4. The molecule has 1 aliphatic carbocycles. The zero-order valence-electron chi connectivity index (χ0n) is 14.5. The first-order chi connectivity index (χ1) is 12.7. The van der Waals surface area contributed by atoms with Gasteiger partial charge in [0.2, 0.25) is 5.91 Å². The van der Waals surface area contributed by atoms with Crippen molar-refractivity contribution in [1.82, 2.24) is 4.90 Å². The van der Waals surface area contributed by atoms with E-state index in [0.29, 0.717) is 18.0 Å². The zero-order chi connectivity index (χ0) is 19.6. The maximum atomic E-state index is 12.4. The molecule has 1 aromatic carbocycles. The van der Waals surface area contributed by atoms with Gasteiger partial charge in [0.1, 0.15) is 11.8 Å². The number of alkyl halides is 3. The second-order valence-electron chi connectivity index (χ2n) is 6.99. The normalized spacial score (nSPS) is 25.7. The first-order valence-electron chi connectivity index (χ1n) is 8.87. The van der Waals surface area contributed by atoms with Crippen molar-refractivity contribution in [3.05, 3.63) is 24.3 Å². The Hall–Kier alpha value is -2.29. The Kier molecular flexibility index (Phi) is 5.59. The zero-order valence-corrected chi connectivity index (χ0v) is 14.5. The van der Waals surface area contributed by atoms with Gasteiger partial charge in [-0.05, 0) is 49.4 Å². The summed E-state index contributed by atoms with van der Waals surface area (Å²) in [5.41, 5.74) is 0.320. The molecule has 9 heteroatoms. The maximum absolute atomic E-state index is 12.4. The van der Waals surface area contributed by atoms with Crippen LogP contribution in [0.1, 0.15) is 32.1 Å². The summed E-state index contributed by atoms with van der Waals surface area (Å²) in [5.74, 6) is -1.40. The average Bonchev–Trinajstić information content (AvgIpc) is 2.94. The van der Waals surface area contributed by atoms with E-state index in [4.69, 9.17) is 0 Å². The molecule has 3 rings (SSSR count). The molecule has 0 aromatic heterocycles. The van der Waals surface area contributed by atoms with Crippen LogP contribution in [-0.2, 0) is 9.59 Å². The third kappa shape index (κ3) is 4.91. The largest absolute Gasteiger partial charge is 0.573 e. The van der Waals surface area contributed by atoms with Crippen LogP contribution in [-0.4, -0.2) is 46.9 Å². The standard InChI is InChI=1S/C18H21F3N2O4/c19-18(20,21)27-13-7-5-12(6-8-13)22-16(24)10-23-14-4-2-1-3-11(14)9-15(23)17(25)26/h5-8,11,14-15H,1-4,9-10H2,(H,22,24)(H,25,26). The fourth-order valence-electron chi connectivity index (χ4n) is 4.13. The van der Waals surface area contributed by atoms with E-state index < -0.39 is 24.3 Å². The minimum Gasteiger partial charge on any atom is -0.480 e. The van der Waals surface area contributed by atoms with Crippen LogP contribution in [0.3, 0.4) is 0 Å². The molecule has 1 heterocycles. The van der Waals surface area contributed by atoms with Gasteiger partial charge in [-0.25, -0.2) is 0 Å². The second-order valence-corrected chi connectivity index (χ2v) is 6.99. The quantitative estimate of drug-likeness (QED) is 0.812. The van der Waals surface area contributed by atoms with Gasteiger partial charge < -0.3 is 15.2 Å². The van der Waals surface area contributed by atoms with E-state index in [0.717, 1.165) is 37.8 Å². The molecule has 0 radical (unpaired) electrons. The monoisotopic (exact) mass is 386 g/mol. The number of likely N-dealkylation sites (tertiary alicyclic amines) is 1. The molecule has 2 fully saturated rings. The molecule has 2 aliphatic rings. The number of nitrogens with one attached hydrogen (secondary N) is 1. The fourth-order valence-corrected chi connectivity index (χ4v) is 4.13. The van der Waals surface area contributed by atoms with Crippen LogP contribution in [0.25, 0.3) is 0 Å². The summed E-state index contributed by atoms with van der Waals surface area (Å²) in [6.07, 6.45) is -0.260. The second kappa shape index (κ2) is 7.75. The van der Waals surface area contributed by atoms with Crippen molar-refractivity contribution in [1.29, 1.82) is 0 Å². The number of hydrogen-bond donors (Lipinski definition) is 2. The van der Waals surface area contributed by atoms with Gasteiger partial charge in [0, 0.05) is 11.7 Å². The molecule has 3 atom stereocenters. The maximum Gasteiger partial charge on any atom is 0.573 e. The van der Waals surface area contributed by atoms with Crippen molar-refractivity contribution < 1.29 is 32.6 Å². The van der Waals surface area contributed by atoms with Gasteiger partial charge in [-0.3, -0.25) is 14.5 Å². The number of carbonyl (C=O) groups excluding carboxylic acids is 1. The summed E-state index contributed by atoms with van der Waals surface area (Å²) in [6.45, 7) is -0.0566. The van der Waals surface area contributed by atoms with Crippen molar-refractivity contribution in [3.8, 4) is 5.75 Å².